The van der Waals surface area contributed by atoms with E-state index in [1.54, 1.807) is 18.3 Å². The van der Waals surface area contributed by atoms with E-state index in [-0.39, 0.29) is 10.7 Å². The van der Waals surface area contributed by atoms with E-state index in [9.17, 15) is 4.79 Å². The minimum Gasteiger partial charge on any atom is -0.493 e. The van der Waals surface area contributed by atoms with Gasteiger partial charge in [-0.2, -0.15) is 0 Å². The van der Waals surface area contributed by atoms with Crippen LogP contribution in [0.5, 0.6) is 5.75 Å². The summed E-state index contributed by atoms with van der Waals surface area (Å²) in [6.07, 6.45) is 2.22. The van der Waals surface area contributed by atoms with Crippen molar-refractivity contribution in [1.82, 2.24) is 9.38 Å². The van der Waals surface area contributed by atoms with Crippen molar-refractivity contribution in [3.8, 4) is 5.75 Å². The normalized spacial score (nSPS) is 10.7. The Bertz CT molecular complexity index is 592. The highest BCUT2D eigenvalue weighted by Crippen LogP contribution is 2.19. The van der Waals surface area contributed by atoms with Crippen molar-refractivity contribution >= 4 is 17.2 Å². The fraction of sp³-hybridized carbons (Fsp3) is 0.273. The average Bonchev–Trinajstić information content (AvgIpc) is 2.29. The first-order chi connectivity index (χ1) is 7.69. The van der Waals surface area contributed by atoms with E-state index in [1.807, 2.05) is 6.92 Å². The maximum atomic E-state index is 12.0. The minimum absolute atomic E-state index is 0.142. The summed E-state index contributed by atoms with van der Waals surface area (Å²) in [6.45, 7) is 1.87. The maximum Gasteiger partial charge on any atom is 0.262 e. The Kier molecular flexibility index (Phi) is 2.83. The van der Waals surface area contributed by atoms with Gasteiger partial charge in [0.2, 0.25) is 0 Å². The molecule has 2 aromatic rings. The van der Waals surface area contributed by atoms with E-state index in [1.165, 1.54) is 11.5 Å². The summed E-state index contributed by atoms with van der Waals surface area (Å²) in [6, 6.07) is 3.48. The number of pyridine rings is 1. The second-order valence-electron chi connectivity index (χ2n) is 3.31. The molecule has 0 radical (unpaired) electrons. The van der Waals surface area contributed by atoms with Crippen molar-refractivity contribution in [1.29, 1.82) is 0 Å². The van der Waals surface area contributed by atoms with Gasteiger partial charge in [-0.1, -0.05) is 18.5 Å². The van der Waals surface area contributed by atoms with Crippen molar-refractivity contribution in [2.45, 2.75) is 13.3 Å². The van der Waals surface area contributed by atoms with E-state index >= 15 is 0 Å². The minimum atomic E-state index is -0.142. The summed E-state index contributed by atoms with van der Waals surface area (Å²) in [5.41, 5.74) is 0.820. The molecule has 2 rings (SSSR count). The summed E-state index contributed by atoms with van der Waals surface area (Å²) in [4.78, 5) is 16.2. The lowest BCUT2D eigenvalue weighted by molar-refractivity contribution is 0.416. The highest BCUT2D eigenvalue weighted by molar-refractivity contribution is 6.30. The van der Waals surface area contributed by atoms with Crippen LogP contribution in [-0.4, -0.2) is 16.5 Å². The molecule has 16 heavy (non-hydrogen) atoms. The Labute approximate surface area is 97.5 Å². The SMILES string of the molecule is CCc1c(Cl)nc2c(OC)cccn2c1=O. The molecule has 0 saturated carbocycles. The highest BCUT2D eigenvalue weighted by atomic mass is 35.5. The molecule has 2 aromatic heterocycles. The van der Waals surface area contributed by atoms with Crippen LogP contribution in [0.4, 0.5) is 0 Å². The van der Waals surface area contributed by atoms with Gasteiger partial charge in [0.05, 0.1) is 12.7 Å². The lowest BCUT2D eigenvalue weighted by Crippen LogP contribution is -2.20. The average molecular weight is 239 g/mol. The molecule has 0 N–H and O–H groups in total. The Morgan fingerprint density at radius 3 is 2.94 bits per heavy atom. The van der Waals surface area contributed by atoms with Gasteiger partial charge < -0.3 is 4.74 Å². The first-order valence-corrected chi connectivity index (χ1v) is 5.30. The molecule has 0 aliphatic heterocycles. The number of halogens is 1. The second-order valence-corrected chi connectivity index (χ2v) is 3.67. The molecule has 4 nitrogen and oxygen atoms in total. The van der Waals surface area contributed by atoms with E-state index in [0.717, 1.165) is 0 Å². The smallest absolute Gasteiger partial charge is 0.262 e. The molecule has 5 heteroatoms. The highest BCUT2D eigenvalue weighted by Gasteiger charge is 2.11. The molecule has 0 atom stereocenters. The third kappa shape index (κ3) is 1.55. The van der Waals surface area contributed by atoms with Crippen LogP contribution in [0.15, 0.2) is 23.1 Å². The third-order valence-electron chi connectivity index (χ3n) is 2.43. The molecular weight excluding hydrogens is 228 g/mol. The zero-order chi connectivity index (χ0) is 11.7. The number of aromatic nitrogens is 2. The van der Waals surface area contributed by atoms with Crippen LogP contribution in [0.25, 0.3) is 5.65 Å². The fourth-order valence-corrected chi connectivity index (χ4v) is 1.90. The van der Waals surface area contributed by atoms with E-state index in [0.29, 0.717) is 23.4 Å². The molecule has 0 aliphatic carbocycles. The molecule has 0 aliphatic rings. The Morgan fingerprint density at radius 1 is 1.56 bits per heavy atom. The Hall–Kier alpha value is -1.55. The van der Waals surface area contributed by atoms with Crippen LogP contribution in [0.3, 0.4) is 0 Å². The molecule has 0 bridgehead atoms. The molecular formula is C11H11ClN2O2. The number of ether oxygens (including phenoxy) is 1. The predicted molar refractivity (Wildman–Crippen MR) is 62.4 cm³/mol. The summed E-state index contributed by atoms with van der Waals surface area (Å²) in [5, 5.41) is 0.247. The standard InChI is InChI=1S/C11H11ClN2O2/c1-3-7-9(12)13-10-8(16-2)5-4-6-14(10)11(7)15/h4-6H,3H2,1-2H3. The zero-order valence-corrected chi connectivity index (χ0v) is 9.78. The molecule has 0 unspecified atom stereocenters. The van der Waals surface area contributed by atoms with Gasteiger partial charge >= 0.3 is 0 Å². The molecule has 0 fully saturated rings. The zero-order valence-electron chi connectivity index (χ0n) is 9.03. The Balaban J connectivity index is 2.92. The van der Waals surface area contributed by atoms with Gasteiger partial charge in [0.25, 0.3) is 5.56 Å². The molecule has 0 amide bonds. The Morgan fingerprint density at radius 2 is 2.31 bits per heavy atom. The monoisotopic (exact) mass is 238 g/mol. The van der Waals surface area contributed by atoms with Gasteiger partial charge in [0, 0.05) is 6.20 Å². The van der Waals surface area contributed by atoms with E-state index < -0.39 is 0 Å². The number of hydrogen-bond acceptors (Lipinski definition) is 3. The number of rotatable bonds is 2. The van der Waals surface area contributed by atoms with Crippen LogP contribution in [0, 0.1) is 0 Å². The molecule has 0 saturated heterocycles. The number of fused-ring (bicyclic) bond motifs is 1. The van der Waals surface area contributed by atoms with Crippen molar-refractivity contribution in [2.75, 3.05) is 7.11 Å². The number of methoxy groups -OCH3 is 1. The van der Waals surface area contributed by atoms with Crippen LogP contribution >= 0.6 is 11.6 Å². The molecule has 2 heterocycles. The van der Waals surface area contributed by atoms with Crippen LogP contribution in [-0.2, 0) is 6.42 Å². The lowest BCUT2D eigenvalue weighted by atomic mass is 10.2. The summed E-state index contributed by atoms with van der Waals surface area (Å²) in [5.74, 6) is 0.532. The topological polar surface area (TPSA) is 43.6 Å². The first kappa shape index (κ1) is 11.0. The van der Waals surface area contributed by atoms with E-state index in [4.69, 9.17) is 16.3 Å². The van der Waals surface area contributed by atoms with Gasteiger partial charge in [-0.05, 0) is 18.6 Å². The maximum absolute atomic E-state index is 12.0. The summed E-state index contributed by atoms with van der Waals surface area (Å²) in [7, 11) is 1.53. The van der Waals surface area contributed by atoms with Crippen molar-refractivity contribution in [2.24, 2.45) is 0 Å². The van der Waals surface area contributed by atoms with E-state index in [2.05, 4.69) is 4.98 Å². The van der Waals surface area contributed by atoms with Gasteiger partial charge in [0.15, 0.2) is 11.4 Å². The van der Waals surface area contributed by atoms with Gasteiger partial charge in [-0.25, -0.2) is 4.98 Å². The third-order valence-corrected chi connectivity index (χ3v) is 2.75. The van der Waals surface area contributed by atoms with Crippen molar-refractivity contribution in [3.05, 3.63) is 39.4 Å². The molecule has 0 spiro atoms. The number of nitrogens with zero attached hydrogens (tertiary/aromatic N) is 2. The quantitative estimate of drug-likeness (QED) is 0.751. The van der Waals surface area contributed by atoms with Crippen LogP contribution in [0.2, 0.25) is 5.15 Å². The lowest BCUT2D eigenvalue weighted by Gasteiger charge is -2.07. The van der Waals surface area contributed by atoms with Crippen LogP contribution < -0.4 is 10.3 Å². The molecule has 0 aromatic carbocycles. The van der Waals surface area contributed by atoms with Crippen molar-refractivity contribution < 1.29 is 4.74 Å². The first-order valence-electron chi connectivity index (χ1n) is 4.92. The van der Waals surface area contributed by atoms with Gasteiger partial charge in [-0.3, -0.25) is 9.20 Å². The predicted octanol–water partition coefficient (Wildman–Crippen LogP) is 1.92. The summed E-state index contributed by atoms with van der Waals surface area (Å²) >= 11 is 5.96. The number of hydrogen-bond donors (Lipinski definition) is 0. The fourth-order valence-electron chi connectivity index (χ4n) is 1.60. The second kappa shape index (κ2) is 4.14. The molecule has 84 valence electrons. The van der Waals surface area contributed by atoms with Crippen molar-refractivity contribution in [3.63, 3.8) is 0 Å². The van der Waals surface area contributed by atoms with Gasteiger partial charge in [0.1, 0.15) is 5.15 Å². The van der Waals surface area contributed by atoms with Crippen LogP contribution in [0.1, 0.15) is 12.5 Å². The summed E-state index contributed by atoms with van der Waals surface area (Å²) < 4.78 is 6.58. The largest absolute Gasteiger partial charge is 0.493 e. The van der Waals surface area contributed by atoms with Gasteiger partial charge in [-0.15, -0.1) is 0 Å².